The van der Waals surface area contributed by atoms with E-state index in [0.717, 1.165) is 12.5 Å². The topological polar surface area (TPSA) is 96.3 Å². The molecule has 1 aromatic heterocycles. The molecule has 0 fully saturated rings. The molecule has 1 atom stereocenters. The first-order valence-corrected chi connectivity index (χ1v) is 12.5. The van der Waals surface area contributed by atoms with E-state index in [4.69, 9.17) is 9.47 Å². The number of fused-ring (bicyclic) bond motifs is 1. The highest BCUT2D eigenvalue weighted by Crippen LogP contribution is 2.35. The second kappa shape index (κ2) is 11.6. The summed E-state index contributed by atoms with van der Waals surface area (Å²) in [5, 5.41) is 15.1. The number of nitriles is 1. The van der Waals surface area contributed by atoms with Crippen LogP contribution in [0.25, 0.3) is 10.9 Å². The number of carbonyl (C=O) groups excluding carboxylic acids is 1. The average Bonchev–Trinajstić information content (AvgIpc) is 2.90. The van der Waals surface area contributed by atoms with Crippen LogP contribution in [0.3, 0.4) is 0 Å². The molecule has 0 aliphatic rings. The number of aromatic nitrogens is 1. The summed E-state index contributed by atoms with van der Waals surface area (Å²) in [6.45, 7) is 2.00. The van der Waals surface area contributed by atoms with Crippen molar-refractivity contribution < 1.29 is 23.0 Å². The molecule has 0 saturated heterocycles. The van der Waals surface area contributed by atoms with Gasteiger partial charge in [-0.2, -0.15) is 5.26 Å². The Kier molecular flexibility index (Phi) is 8.05. The first-order valence-electron chi connectivity index (χ1n) is 11.2. The van der Waals surface area contributed by atoms with Crippen molar-refractivity contribution >= 4 is 40.1 Å². The molecule has 0 radical (unpaired) electrons. The molecule has 4 rings (SSSR count). The number of hydrogen-bond donors (Lipinski definition) is 2. The van der Waals surface area contributed by atoms with Crippen molar-refractivity contribution in [2.24, 2.45) is 0 Å². The number of halogens is 2. The molecule has 1 heterocycles. The lowest BCUT2D eigenvalue weighted by Gasteiger charge is -2.17. The fourth-order valence-corrected chi connectivity index (χ4v) is 4.00. The summed E-state index contributed by atoms with van der Waals surface area (Å²) in [6, 6.07) is 15.5. The highest BCUT2D eigenvalue weighted by Gasteiger charge is 2.15. The normalized spacial score (nSPS) is 11.4. The van der Waals surface area contributed by atoms with E-state index in [1.807, 2.05) is 13.2 Å². The Labute approximate surface area is 216 Å². The Morgan fingerprint density at radius 3 is 2.54 bits per heavy atom. The van der Waals surface area contributed by atoms with E-state index in [9.17, 15) is 18.8 Å². The van der Waals surface area contributed by atoms with E-state index in [0.29, 0.717) is 33.7 Å². The summed E-state index contributed by atoms with van der Waals surface area (Å²) in [7, 11) is 0. The van der Waals surface area contributed by atoms with E-state index in [1.54, 1.807) is 36.2 Å². The van der Waals surface area contributed by atoms with Crippen molar-refractivity contribution in [1.29, 1.82) is 5.26 Å². The Hall–Kier alpha value is -4.36. The first kappa shape index (κ1) is 25.7. The standard InChI is InChI=1S/C27H22F2N4O3S/c1-3-26(37-2)36-25-14-23-20(12-16(25)15-30)24(10-11-31-23)35-19-8-9-22(21(29)13-19)33-27(34)32-18-6-4-17(28)5-7-18/h4-14,26H,3H2,1-2H3,(H2,32,33,34). The summed E-state index contributed by atoms with van der Waals surface area (Å²) in [5.41, 5.74) is 1.07. The average molecular weight is 521 g/mol. The van der Waals surface area contributed by atoms with Crippen LogP contribution < -0.4 is 20.1 Å². The number of anilines is 2. The molecule has 2 amide bonds. The van der Waals surface area contributed by atoms with E-state index in [1.165, 1.54) is 36.4 Å². The van der Waals surface area contributed by atoms with Gasteiger partial charge in [0.05, 0.1) is 16.8 Å². The number of urea groups is 1. The number of nitrogens with one attached hydrogen (secondary N) is 2. The second-order valence-electron chi connectivity index (χ2n) is 7.81. The summed E-state index contributed by atoms with van der Waals surface area (Å²) >= 11 is 1.54. The molecule has 2 N–H and O–H groups in total. The number of benzene rings is 3. The van der Waals surface area contributed by atoms with Crippen molar-refractivity contribution in [3.8, 4) is 23.3 Å². The maximum Gasteiger partial charge on any atom is 0.323 e. The van der Waals surface area contributed by atoms with Gasteiger partial charge in [0.15, 0.2) is 0 Å². The number of ether oxygens (including phenoxy) is 2. The molecule has 3 aromatic carbocycles. The predicted molar refractivity (Wildman–Crippen MR) is 140 cm³/mol. The molecular formula is C27H22F2N4O3S. The smallest absolute Gasteiger partial charge is 0.323 e. The first-order chi connectivity index (χ1) is 17.9. The molecule has 4 aromatic rings. The largest absolute Gasteiger partial charge is 0.478 e. The van der Waals surface area contributed by atoms with Crippen LogP contribution in [0.2, 0.25) is 0 Å². The third kappa shape index (κ3) is 6.26. The Morgan fingerprint density at radius 2 is 1.86 bits per heavy atom. The zero-order valence-corrected chi connectivity index (χ0v) is 20.7. The zero-order chi connectivity index (χ0) is 26.4. The molecule has 188 valence electrons. The minimum Gasteiger partial charge on any atom is -0.478 e. The van der Waals surface area contributed by atoms with Gasteiger partial charge in [0.25, 0.3) is 0 Å². The molecule has 0 saturated carbocycles. The lowest BCUT2D eigenvalue weighted by atomic mass is 10.1. The lowest BCUT2D eigenvalue weighted by Crippen LogP contribution is -2.20. The number of nitrogens with zero attached hydrogens (tertiary/aromatic N) is 2. The maximum absolute atomic E-state index is 14.7. The molecule has 0 aliphatic heterocycles. The molecule has 1 unspecified atom stereocenters. The van der Waals surface area contributed by atoms with Gasteiger partial charge in [0.1, 0.15) is 40.4 Å². The van der Waals surface area contributed by atoms with E-state index >= 15 is 0 Å². The lowest BCUT2D eigenvalue weighted by molar-refractivity contribution is 0.262. The van der Waals surface area contributed by atoms with Crippen LogP contribution in [0.4, 0.5) is 25.0 Å². The molecule has 10 heteroatoms. The van der Waals surface area contributed by atoms with Crippen molar-refractivity contribution in [3.63, 3.8) is 0 Å². The summed E-state index contributed by atoms with van der Waals surface area (Å²) < 4.78 is 39.6. The van der Waals surface area contributed by atoms with Crippen LogP contribution >= 0.6 is 11.8 Å². The predicted octanol–water partition coefficient (Wildman–Crippen LogP) is 7.30. The SMILES string of the molecule is CCC(Oc1cc2nccc(Oc3ccc(NC(=O)Nc4ccc(F)cc4)c(F)c3)c2cc1C#N)SC. The molecule has 37 heavy (non-hydrogen) atoms. The van der Waals surface area contributed by atoms with Crippen molar-refractivity contribution in [2.75, 3.05) is 16.9 Å². The Morgan fingerprint density at radius 1 is 1.08 bits per heavy atom. The third-order valence-electron chi connectivity index (χ3n) is 5.30. The molecule has 7 nitrogen and oxygen atoms in total. The van der Waals surface area contributed by atoms with Crippen LogP contribution in [0.5, 0.6) is 17.2 Å². The maximum atomic E-state index is 14.7. The highest BCUT2D eigenvalue weighted by molar-refractivity contribution is 7.99. The number of pyridine rings is 1. The van der Waals surface area contributed by atoms with Gasteiger partial charge in [0, 0.05) is 29.4 Å². The van der Waals surface area contributed by atoms with Crippen LogP contribution in [-0.2, 0) is 0 Å². The van der Waals surface area contributed by atoms with E-state index in [-0.39, 0.29) is 16.9 Å². The zero-order valence-electron chi connectivity index (χ0n) is 19.9. The van der Waals surface area contributed by atoms with Gasteiger partial charge in [-0.05, 0) is 61.2 Å². The van der Waals surface area contributed by atoms with Crippen molar-refractivity contribution in [1.82, 2.24) is 4.98 Å². The quantitative estimate of drug-likeness (QED) is 0.237. The summed E-state index contributed by atoms with van der Waals surface area (Å²) in [5.74, 6) is -0.170. The highest BCUT2D eigenvalue weighted by atomic mass is 32.2. The Balaban J connectivity index is 1.52. The van der Waals surface area contributed by atoms with Crippen molar-refractivity contribution in [3.05, 3.63) is 84.1 Å². The van der Waals surface area contributed by atoms with E-state index in [2.05, 4.69) is 21.7 Å². The monoisotopic (exact) mass is 520 g/mol. The van der Waals surface area contributed by atoms with E-state index < -0.39 is 17.7 Å². The molecule has 0 aliphatic carbocycles. The van der Waals surface area contributed by atoms with Crippen LogP contribution in [0.1, 0.15) is 18.9 Å². The van der Waals surface area contributed by atoms with Gasteiger partial charge in [-0.3, -0.25) is 4.98 Å². The van der Waals surface area contributed by atoms with Gasteiger partial charge in [-0.25, -0.2) is 13.6 Å². The fraction of sp³-hybridized carbons (Fsp3) is 0.148. The van der Waals surface area contributed by atoms with Crippen molar-refractivity contribution in [2.45, 2.75) is 18.8 Å². The van der Waals surface area contributed by atoms with Gasteiger partial charge in [-0.1, -0.05) is 6.92 Å². The summed E-state index contributed by atoms with van der Waals surface area (Å²) in [4.78, 5) is 16.5. The molecular weight excluding hydrogens is 498 g/mol. The number of rotatable bonds is 8. The fourth-order valence-electron chi connectivity index (χ4n) is 3.47. The number of hydrogen-bond acceptors (Lipinski definition) is 6. The van der Waals surface area contributed by atoms with Gasteiger partial charge >= 0.3 is 6.03 Å². The minimum atomic E-state index is -0.721. The number of amides is 2. The second-order valence-corrected chi connectivity index (χ2v) is 8.80. The van der Waals surface area contributed by atoms with Gasteiger partial charge < -0.3 is 20.1 Å². The van der Waals surface area contributed by atoms with Gasteiger partial charge in [-0.15, -0.1) is 11.8 Å². The van der Waals surface area contributed by atoms with Crippen LogP contribution in [-0.4, -0.2) is 22.7 Å². The van der Waals surface area contributed by atoms with Gasteiger partial charge in [0.2, 0.25) is 0 Å². The molecule has 0 spiro atoms. The number of thioether (sulfide) groups is 1. The minimum absolute atomic E-state index is 0.0700. The molecule has 0 bridgehead atoms. The third-order valence-corrected chi connectivity index (χ3v) is 6.25. The van der Waals surface area contributed by atoms with Crippen LogP contribution in [0.15, 0.2) is 66.9 Å². The summed E-state index contributed by atoms with van der Waals surface area (Å²) in [6.07, 6.45) is 4.25. The number of carbonyl (C=O) groups is 1. The van der Waals surface area contributed by atoms with Crippen LogP contribution in [0, 0.1) is 23.0 Å². The Bertz CT molecular complexity index is 1470.